The highest BCUT2D eigenvalue weighted by Crippen LogP contribution is 2.14. The number of unbranched alkanes of at least 4 members (excludes halogenated alkanes) is 6. The number of allylic oxidation sites excluding steroid dienone is 1. The van der Waals surface area contributed by atoms with Crippen LogP contribution in [0.5, 0.6) is 0 Å². The van der Waals surface area contributed by atoms with Gasteiger partial charge >= 0.3 is 8.80 Å². The van der Waals surface area contributed by atoms with Crippen molar-refractivity contribution in [3.63, 3.8) is 0 Å². The molecule has 0 aliphatic carbocycles. The predicted molar refractivity (Wildman–Crippen MR) is 78.9 cm³/mol. The smallest absolute Gasteiger partial charge is 0.372 e. The Morgan fingerprint density at radius 1 is 0.947 bits per heavy atom. The van der Waals surface area contributed by atoms with E-state index in [1.54, 1.807) is 0 Å². The molecule has 0 saturated carbocycles. The molecule has 0 atom stereocenters. The summed E-state index contributed by atoms with van der Waals surface area (Å²) in [4.78, 5) is 12.0. The minimum atomic E-state index is -3.06. The molecule has 0 spiro atoms. The monoisotopic (exact) mass is 288 g/mol. The molecule has 0 aliphatic rings. The molecule has 0 bridgehead atoms. The van der Waals surface area contributed by atoms with E-state index in [2.05, 4.69) is 6.58 Å². The normalized spacial score (nSPS) is 11.5. The van der Waals surface area contributed by atoms with E-state index in [9.17, 15) is 4.79 Å². The predicted octanol–water partition coefficient (Wildman–Crippen LogP) is 3.28. The van der Waals surface area contributed by atoms with Gasteiger partial charge < -0.3 is 13.3 Å². The molecule has 112 valence electrons. The van der Waals surface area contributed by atoms with Crippen molar-refractivity contribution in [3.05, 3.63) is 12.7 Å². The first-order chi connectivity index (χ1) is 9.16. The maximum Gasteiger partial charge on any atom is 0.573 e. The molecule has 0 unspecified atom stereocenters. The van der Waals surface area contributed by atoms with E-state index in [1.165, 1.54) is 47.0 Å². The number of hydrogen-bond donors (Lipinski definition) is 0. The van der Waals surface area contributed by atoms with Crippen LogP contribution in [0.2, 0.25) is 0 Å². The maximum absolute atomic E-state index is 12.0. The molecule has 0 aromatic heterocycles. The summed E-state index contributed by atoms with van der Waals surface area (Å²) in [6.45, 7) is 3.71. The van der Waals surface area contributed by atoms with Crippen molar-refractivity contribution < 1.29 is 18.1 Å². The second-order valence-corrected chi connectivity index (χ2v) is 7.44. The van der Waals surface area contributed by atoms with Crippen molar-refractivity contribution in [2.45, 2.75) is 51.4 Å². The van der Waals surface area contributed by atoms with Gasteiger partial charge in [-0.1, -0.05) is 31.8 Å². The second kappa shape index (κ2) is 11.3. The fraction of sp³-hybridized carbons (Fsp3) is 0.786. The molecule has 0 saturated heterocycles. The Morgan fingerprint density at radius 3 is 1.89 bits per heavy atom. The van der Waals surface area contributed by atoms with Crippen LogP contribution in [0.3, 0.4) is 0 Å². The van der Waals surface area contributed by atoms with Crippen LogP contribution in [0.25, 0.3) is 0 Å². The Bertz CT molecular complexity index is 244. The molecule has 19 heavy (non-hydrogen) atoms. The molecular weight excluding hydrogens is 260 g/mol. The lowest BCUT2D eigenvalue weighted by molar-refractivity contribution is -0.118. The average Bonchev–Trinajstić information content (AvgIpc) is 2.44. The molecule has 0 aromatic carbocycles. The van der Waals surface area contributed by atoms with E-state index in [0.29, 0.717) is 6.42 Å². The van der Waals surface area contributed by atoms with Crippen molar-refractivity contribution >= 4 is 14.2 Å². The highest BCUT2D eigenvalue weighted by molar-refractivity contribution is 6.92. The molecule has 0 amide bonds. The zero-order valence-electron chi connectivity index (χ0n) is 12.6. The van der Waals surface area contributed by atoms with E-state index >= 15 is 0 Å². The van der Waals surface area contributed by atoms with E-state index in [4.69, 9.17) is 13.3 Å². The van der Waals surface area contributed by atoms with Gasteiger partial charge in [-0.05, 0) is 19.3 Å². The van der Waals surface area contributed by atoms with Gasteiger partial charge in [0.25, 0.3) is 0 Å². The standard InChI is InChI=1S/C14H28O4Si/c1-5-6-7-8-9-10-11-12-13-14(15)19(16-2,17-3)18-4/h5H,1,6-13H2,2-4H3. The van der Waals surface area contributed by atoms with Gasteiger partial charge in [0.05, 0.1) is 0 Å². The molecule has 0 rings (SSSR count). The summed E-state index contributed by atoms with van der Waals surface area (Å²) >= 11 is 0. The largest absolute Gasteiger partial charge is 0.573 e. The summed E-state index contributed by atoms with van der Waals surface area (Å²) in [5, 5.41) is -0.0216. The summed E-state index contributed by atoms with van der Waals surface area (Å²) in [5.41, 5.74) is 0. The van der Waals surface area contributed by atoms with Gasteiger partial charge in [0, 0.05) is 27.8 Å². The molecular formula is C14H28O4Si. The van der Waals surface area contributed by atoms with Gasteiger partial charge in [-0.3, -0.25) is 4.79 Å². The van der Waals surface area contributed by atoms with E-state index in [0.717, 1.165) is 19.3 Å². The fourth-order valence-corrected chi connectivity index (χ4v) is 3.69. The lowest BCUT2D eigenvalue weighted by atomic mass is 10.1. The highest BCUT2D eigenvalue weighted by Gasteiger charge is 2.46. The average molecular weight is 288 g/mol. The first-order valence-electron chi connectivity index (χ1n) is 6.96. The van der Waals surface area contributed by atoms with Gasteiger partial charge in [-0.2, -0.15) is 0 Å². The topological polar surface area (TPSA) is 44.8 Å². The summed E-state index contributed by atoms with van der Waals surface area (Å²) in [6.07, 6.45) is 10.4. The lowest BCUT2D eigenvalue weighted by Gasteiger charge is -2.22. The van der Waals surface area contributed by atoms with Gasteiger partial charge in [0.2, 0.25) is 5.41 Å². The zero-order chi connectivity index (χ0) is 14.6. The fourth-order valence-electron chi connectivity index (χ4n) is 2.03. The van der Waals surface area contributed by atoms with Crippen LogP contribution >= 0.6 is 0 Å². The van der Waals surface area contributed by atoms with E-state index in [1.807, 2.05) is 6.08 Å². The molecule has 0 aromatic rings. The SMILES string of the molecule is C=CCCCCCCCCC(=O)[Si](OC)(OC)OC. The Labute approximate surface area is 118 Å². The Kier molecular flexibility index (Phi) is 11.0. The third kappa shape index (κ3) is 7.01. The summed E-state index contributed by atoms with van der Waals surface area (Å²) in [6, 6.07) is 0. The quantitative estimate of drug-likeness (QED) is 0.296. The third-order valence-corrected chi connectivity index (χ3v) is 5.76. The number of rotatable bonds is 13. The van der Waals surface area contributed by atoms with Crippen LogP contribution in [-0.2, 0) is 18.1 Å². The molecule has 0 aliphatic heterocycles. The van der Waals surface area contributed by atoms with Crippen molar-refractivity contribution in [2.75, 3.05) is 21.3 Å². The molecule has 0 heterocycles. The van der Waals surface area contributed by atoms with Gasteiger partial charge in [-0.15, -0.1) is 6.58 Å². The van der Waals surface area contributed by atoms with Crippen LogP contribution in [0.15, 0.2) is 12.7 Å². The van der Waals surface area contributed by atoms with Crippen molar-refractivity contribution in [1.82, 2.24) is 0 Å². The zero-order valence-corrected chi connectivity index (χ0v) is 13.6. The van der Waals surface area contributed by atoms with Crippen LogP contribution < -0.4 is 0 Å². The van der Waals surface area contributed by atoms with Crippen molar-refractivity contribution in [2.24, 2.45) is 0 Å². The summed E-state index contributed by atoms with van der Waals surface area (Å²) in [7, 11) is 1.35. The van der Waals surface area contributed by atoms with Crippen LogP contribution in [0, 0.1) is 0 Å². The van der Waals surface area contributed by atoms with Crippen LogP contribution in [0.4, 0.5) is 0 Å². The first kappa shape index (κ1) is 18.5. The van der Waals surface area contributed by atoms with E-state index in [-0.39, 0.29) is 5.41 Å². The first-order valence-corrected chi connectivity index (χ1v) is 8.69. The minimum absolute atomic E-state index is 0.0216. The van der Waals surface area contributed by atoms with Gasteiger partial charge in [-0.25, -0.2) is 0 Å². The number of carbonyl (C=O) groups excluding carboxylic acids is 1. The molecule has 0 fully saturated rings. The summed E-state index contributed by atoms with van der Waals surface area (Å²) < 4.78 is 15.5. The molecule has 0 N–H and O–H groups in total. The number of hydrogen-bond acceptors (Lipinski definition) is 4. The molecule has 5 heteroatoms. The third-order valence-electron chi connectivity index (χ3n) is 3.21. The number of carbonyl (C=O) groups is 1. The van der Waals surface area contributed by atoms with Crippen molar-refractivity contribution in [1.29, 1.82) is 0 Å². The Morgan fingerprint density at radius 2 is 1.42 bits per heavy atom. The highest BCUT2D eigenvalue weighted by atomic mass is 28.4. The van der Waals surface area contributed by atoms with Gasteiger partial charge in [0.1, 0.15) is 0 Å². The van der Waals surface area contributed by atoms with Crippen molar-refractivity contribution in [3.8, 4) is 0 Å². The lowest BCUT2D eigenvalue weighted by Crippen LogP contribution is -2.51. The minimum Gasteiger partial charge on any atom is -0.372 e. The molecule has 0 radical (unpaired) electrons. The maximum atomic E-state index is 12.0. The van der Waals surface area contributed by atoms with E-state index < -0.39 is 8.80 Å². The van der Waals surface area contributed by atoms with Crippen LogP contribution in [-0.4, -0.2) is 35.5 Å². The Hall–Kier alpha value is -0.493. The summed E-state index contributed by atoms with van der Waals surface area (Å²) in [5.74, 6) is 0. The van der Waals surface area contributed by atoms with Gasteiger partial charge in [0.15, 0.2) is 0 Å². The second-order valence-electron chi connectivity index (χ2n) is 4.54. The Balaban J connectivity index is 3.70. The molecule has 4 nitrogen and oxygen atoms in total. The van der Waals surface area contributed by atoms with Crippen LogP contribution in [0.1, 0.15) is 51.4 Å².